The van der Waals surface area contributed by atoms with Crippen LogP contribution in [0.4, 0.5) is 0 Å². The highest BCUT2D eigenvalue weighted by Crippen LogP contribution is 2.35. The molecule has 2 aromatic rings. The molecule has 1 aliphatic heterocycles. The first kappa shape index (κ1) is 24.5. The summed E-state index contributed by atoms with van der Waals surface area (Å²) in [4.78, 5) is 4.97. The molecule has 3 rings (SSSR count). The number of ether oxygens (including phenoxy) is 2. The minimum Gasteiger partial charge on any atom is -0.496 e. The Morgan fingerprint density at radius 1 is 1.03 bits per heavy atom. The van der Waals surface area contributed by atoms with E-state index in [1.807, 2.05) is 18.2 Å². The van der Waals surface area contributed by atoms with E-state index in [2.05, 4.69) is 54.0 Å². The molecule has 30 heavy (non-hydrogen) atoms. The number of hydrogen-bond donors (Lipinski definition) is 2. The lowest BCUT2D eigenvalue weighted by Gasteiger charge is -2.36. The van der Waals surface area contributed by atoms with Gasteiger partial charge in [0.05, 0.1) is 13.7 Å². The predicted octanol–water partition coefficient (Wildman–Crippen LogP) is 4.16. The third-order valence-electron chi connectivity index (χ3n) is 5.60. The fraction of sp³-hybridized carbons (Fsp3) is 0.458. The fourth-order valence-corrected chi connectivity index (χ4v) is 3.89. The molecule has 0 amide bonds. The van der Waals surface area contributed by atoms with Crippen molar-refractivity contribution in [3.05, 3.63) is 65.7 Å². The van der Waals surface area contributed by atoms with Crippen LogP contribution >= 0.6 is 24.0 Å². The lowest BCUT2D eigenvalue weighted by Crippen LogP contribution is -2.41. The van der Waals surface area contributed by atoms with Crippen LogP contribution in [0.15, 0.2) is 59.6 Å². The van der Waals surface area contributed by atoms with Gasteiger partial charge in [-0.3, -0.25) is 4.99 Å². The van der Waals surface area contributed by atoms with E-state index in [0.29, 0.717) is 0 Å². The molecule has 0 bridgehead atoms. The summed E-state index contributed by atoms with van der Waals surface area (Å²) in [5.41, 5.74) is 2.60. The zero-order valence-electron chi connectivity index (χ0n) is 18.0. The second-order valence-corrected chi connectivity index (χ2v) is 7.44. The van der Waals surface area contributed by atoms with Crippen LogP contribution in [-0.4, -0.2) is 45.9 Å². The number of benzene rings is 2. The fourth-order valence-electron chi connectivity index (χ4n) is 3.89. The van der Waals surface area contributed by atoms with Crippen molar-refractivity contribution in [3.63, 3.8) is 0 Å². The average molecular weight is 523 g/mol. The molecule has 2 aromatic carbocycles. The Bertz CT molecular complexity index is 777. The first-order valence-electron chi connectivity index (χ1n) is 10.5. The second-order valence-electron chi connectivity index (χ2n) is 7.44. The highest BCUT2D eigenvalue weighted by molar-refractivity contribution is 14.0. The summed E-state index contributed by atoms with van der Waals surface area (Å²) in [5.74, 6) is 1.80. The SMILES string of the molecule is CCNC(=NCC1(c2ccccc2)CCOCC1)NCCc1ccccc1OC.I. The maximum atomic E-state index is 5.64. The number of aliphatic imine (C=N–C) groups is 1. The smallest absolute Gasteiger partial charge is 0.191 e. The summed E-state index contributed by atoms with van der Waals surface area (Å²) in [5, 5.41) is 6.86. The standard InChI is InChI=1S/C24H33N3O2.HI/c1-3-25-23(26-16-13-20-9-7-8-12-22(20)28-2)27-19-24(14-17-29-18-15-24)21-10-5-4-6-11-21;/h4-12H,3,13-19H2,1-2H3,(H2,25,26,27);1H. The lowest BCUT2D eigenvalue weighted by molar-refractivity contribution is 0.0531. The monoisotopic (exact) mass is 523 g/mol. The van der Waals surface area contributed by atoms with Crippen LogP contribution in [0, 0.1) is 0 Å². The number of halogens is 1. The van der Waals surface area contributed by atoms with Gasteiger partial charge in [-0.2, -0.15) is 0 Å². The molecule has 164 valence electrons. The first-order chi connectivity index (χ1) is 14.3. The number of nitrogens with one attached hydrogen (secondary N) is 2. The molecule has 1 fully saturated rings. The summed E-state index contributed by atoms with van der Waals surface area (Å²) in [7, 11) is 1.72. The highest BCUT2D eigenvalue weighted by atomic mass is 127. The van der Waals surface area contributed by atoms with Gasteiger partial charge < -0.3 is 20.1 Å². The summed E-state index contributed by atoms with van der Waals surface area (Å²) in [6.07, 6.45) is 2.88. The molecule has 0 aliphatic carbocycles. The predicted molar refractivity (Wildman–Crippen MR) is 134 cm³/mol. The zero-order valence-corrected chi connectivity index (χ0v) is 20.4. The van der Waals surface area contributed by atoms with Crippen molar-refractivity contribution in [2.24, 2.45) is 4.99 Å². The highest BCUT2D eigenvalue weighted by Gasteiger charge is 2.34. The third-order valence-corrected chi connectivity index (χ3v) is 5.60. The van der Waals surface area contributed by atoms with Crippen molar-refractivity contribution < 1.29 is 9.47 Å². The van der Waals surface area contributed by atoms with Crippen LogP contribution < -0.4 is 15.4 Å². The molecule has 1 aliphatic rings. The average Bonchev–Trinajstić information content (AvgIpc) is 2.79. The molecule has 0 unspecified atom stereocenters. The van der Waals surface area contributed by atoms with Gasteiger partial charge in [-0.15, -0.1) is 24.0 Å². The Morgan fingerprint density at radius 2 is 1.73 bits per heavy atom. The van der Waals surface area contributed by atoms with E-state index >= 15 is 0 Å². The molecule has 2 N–H and O–H groups in total. The molecule has 6 heteroatoms. The Hall–Kier alpha value is -1.80. The molecule has 1 heterocycles. The molecule has 0 saturated carbocycles. The van der Waals surface area contributed by atoms with E-state index in [9.17, 15) is 0 Å². The number of nitrogens with zero attached hydrogens (tertiary/aromatic N) is 1. The van der Waals surface area contributed by atoms with Gasteiger partial charge in [0.25, 0.3) is 0 Å². The first-order valence-corrected chi connectivity index (χ1v) is 10.5. The molecule has 1 saturated heterocycles. The van der Waals surface area contributed by atoms with Crippen LogP contribution in [0.2, 0.25) is 0 Å². The lowest BCUT2D eigenvalue weighted by atomic mass is 9.74. The molecular weight excluding hydrogens is 489 g/mol. The van der Waals surface area contributed by atoms with Crippen LogP contribution in [0.25, 0.3) is 0 Å². The number of rotatable bonds is 8. The summed E-state index contributed by atoms with van der Waals surface area (Å²) in [6, 6.07) is 18.9. The summed E-state index contributed by atoms with van der Waals surface area (Å²) < 4.78 is 11.1. The number of guanidine groups is 1. The van der Waals surface area contributed by atoms with E-state index in [1.54, 1.807) is 7.11 Å². The van der Waals surface area contributed by atoms with Gasteiger partial charge in [0.15, 0.2) is 5.96 Å². The van der Waals surface area contributed by atoms with Gasteiger partial charge in [-0.1, -0.05) is 48.5 Å². The Labute approximate surface area is 197 Å². The van der Waals surface area contributed by atoms with Gasteiger partial charge in [0.2, 0.25) is 0 Å². The van der Waals surface area contributed by atoms with Crippen molar-refractivity contribution in [2.75, 3.05) is 40.0 Å². The van der Waals surface area contributed by atoms with Crippen LogP contribution in [0.5, 0.6) is 5.75 Å². The largest absolute Gasteiger partial charge is 0.496 e. The summed E-state index contributed by atoms with van der Waals surface area (Å²) >= 11 is 0. The molecule has 0 atom stereocenters. The van der Waals surface area contributed by atoms with Gasteiger partial charge >= 0.3 is 0 Å². The molecule has 0 radical (unpaired) electrons. The van der Waals surface area contributed by atoms with Gasteiger partial charge in [-0.05, 0) is 43.4 Å². The number of para-hydroxylation sites is 1. The second kappa shape index (κ2) is 12.8. The molecule has 0 spiro atoms. The van der Waals surface area contributed by atoms with Crippen LogP contribution in [0.3, 0.4) is 0 Å². The van der Waals surface area contributed by atoms with Crippen LogP contribution in [-0.2, 0) is 16.6 Å². The van der Waals surface area contributed by atoms with Crippen LogP contribution in [0.1, 0.15) is 30.9 Å². The molecule has 5 nitrogen and oxygen atoms in total. The van der Waals surface area contributed by atoms with E-state index in [0.717, 1.165) is 63.8 Å². The third kappa shape index (κ3) is 6.60. The Kier molecular flexibility index (Phi) is 10.4. The number of hydrogen-bond acceptors (Lipinski definition) is 3. The van der Waals surface area contributed by atoms with Crippen molar-refractivity contribution in [1.29, 1.82) is 0 Å². The van der Waals surface area contributed by atoms with E-state index in [-0.39, 0.29) is 29.4 Å². The van der Waals surface area contributed by atoms with E-state index < -0.39 is 0 Å². The van der Waals surface area contributed by atoms with Crippen molar-refractivity contribution in [1.82, 2.24) is 10.6 Å². The topological polar surface area (TPSA) is 54.9 Å². The minimum absolute atomic E-state index is 0. The zero-order chi connectivity index (χ0) is 20.4. The Balaban J connectivity index is 0.00000320. The van der Waals surface area contributed by atoms with Gasteiger partial charge in [0.1, 0.15) is 5.75 Å². The van der Waals surface area contributed by atoms with Crippen molar-refractivity contribution in [3.8, 4) is 5.75 Å². The van der Waals surface area contributed by atoms with E-state index in [4.69, 9.17) is 14.5 Å². The normalized spacial score (nSPS) is 15.7. The van der Waals surface area contributed by atoms with Crippen molar-refractivity contribution >= 4 is 29.9 Å². The maximum Gasteiger partial charge on any atom is 0.191 e. The maximum absolute atomic E-state index is 5.64. The molecular formula is C24H34IN3O2. The molecule has 0 aromatic heterocycles. The van der Waals surface area contributed by atoms with E-state index in [1.165, 1.54) is 11.1 Å². The summed E-state index contributed by atoms with van der Waals surface area (Å²) in [6.45, 7) is 6.07. The quantitative estimate of drug-likeness (QED) is 0.310. The number of methoxy groups -OCH3 is 1. The van der Waals surface area contributed by atoms with Crippen molar-refractivity contribution in [2.45, 2.75) is 31.6 Å². The minimum atomic E-state index is 0. The Morgan fingerprint density at radius 3 is 2.43 bits per heavy atom. The van der Waals surface area contributed by atoms with Gasteiger partial charge in [0, 0.05) is 31.7 Å². The van der Waals surface area contributed by atoms with Gasteiger partial charge in [-0.25, -0.2) is 0 Å².